The number of hydrogen-bond acceptors (Lipinski definition) is 4. The number of carbonyl (C=O) groups excluding carboxylic acids is 1. The van der Waals surface area contributed by atoms with Gasteiger partial charge in [0.1, 0.15) is 16.2 Å². The molecule has 1 aliphatic heterocycles. The maximum atomic E-state index is 12.5. The normalized spacial score (nSPS) is 17.2. The maximum absolute atomic E-state index is 12.5. The highest BCUT2D eigenvalue weighted by atomic mass is 32.1. The highest BCUT2D eigenvalue weighted by Gasteiger charge is 2.25. The number of rotatable bonds is 1. The van der Waals surface area contributed by atoms with Crippen LogP contribution in [0.5, 0.6) is 0 Å². The van der Waals surface area contributed by atoms with Crippen molar-refractivity contribution in [1.82, 2.24) is 5.32 Å². The molecule has 1 aliphatic rings. The van der Waals surface area contributed by atoms with E-state index in [4.69, 9.17) is 4.42 Å². The lowest BCUT2D eigenvalue weighted by Crippen LogP contribution is -2.34. The predicted octanol–water partition coefficient (Wildman–Crippen LogP) is 4.86. The van der Waals surface area contributed by atoms with Crippen molar-refractivity contribution in [2.24, 2.45) is 0 Å². The van der Waals surface area contributed by atoms with E-state index in [9.17, 15) is 4.79 Å². The number of thiophene rings is 1. The van der Waals surface area contributed by atoms with Crippen LogP contribution in [-0.4, -0.2) is 18.5 Å². The van der Waals surface area contributed by atoms with Gasteiger partial charge in [-0.25, -0.2) is 0 Å². The molecule has 25 heavy (non-hydrogen) atoms. The molecule has 0 saturated heterocycles. The molecule has 0 saturated carbocycles. The summed E-state index contributed by atoms with van der Waals surface area (Å²) in [4.78, 5) is 13.2. The zero-order valence-corrected chi connectivity index (χ0v) is 14.4. The van der Waals surface area contributed by atoms with Crippen molar-refractivity contribution in [3.8, 4) is 11.3 Å². The van der Waals surface area contributed by atoms with Gasteiger partial charge in [0.05, 0.1) is 5.69 Å². The highest BCUT2D eigenvalue weighted by molar-refractivity contribution is 7.21. The van der Waals surface area contributed by atoms with E-state index in [1.54, 1.807) is 0 Å². The largest absolute Gasteiger partial charge is 0.456 e. The van der Waals surface area contributed by atoms with Crippen molar-refractivity contribution < 1.29 is 9.21 Å². The molecule has 1 atom stereocenters. The molecule has 0 bridgehead atoms. The first-order valence-corrected chi connectivity index (χ1v) is 9.11. The number of nitrogens with one attached hydrogen (secondary N) is 2. The minimum Gasteiger partial charge on any atom is -0.456 e. The van der Waals surface area contributed by atoms with Crippen LogP contribution in [0.3, 0.4) is 0 Å². The van der Waals surface area contributed by atoms with Crippen LogP contribution < -0.4 is 10.6 Å². The third-order valence-electron chi connectivity index (χ3n) is 4.58. The first kappa shape index (κ1) is 14.5. The van der Waals surface area contributed by atoms with Gasteiger partial charge in [-0.1, -0.05) is 30.3 Å². The molecular formula is C20H16N2O2S. The lowest BCUT2D eigenvalue weighted by Gasteiger charge is -2.09. The van der Waals surface area contributed by atoms with E-state index in [0.717, 1.165) is 42.9 Å². The fourth-order valence-electron chi connectivity index (χ4n) is 3.38. The number of furan rings is 1. The Morgan fingerprint density at radius 2 is 2.00 bits per heavy atom. The van der Waals surface area contributed by atoms with Gasteiger partial charge in [0, 0.05) is 33.6 Å². The lowest BCUT2D eigenvalue weighted by molar-refractivity contribution is 0.0949. The van der Waals surface area contributed by atoms with Crippen LogP contribution >= 0.6 is 11.3 Å². The van der Waals surface area contributed by atoms with E-state index in [0.29, 0.717) is 6.54 Å². The van der Waals surface area contributed by atoms with Gasteiger partial charge in [0.25, 0.3) is 5.91 Å². The van der Waals surface area contributed by atoms with Crippen molar-refractivity contribution in [3.05, 3.63) is 53.4 Å². The summed E-state index contributed by atoms with van der Waals surface area (Å²) in [5.74, 6) is 0.836. The lowest BCUT2D eigenvalue weighted by atomic mass is 10.1. The van der Waals surface area contributed by atoms with Gasteiger partial charge < -0.3 is 15.1 Å². The molecule has 124 valence electrons. The third-order valence-corrected chi connectivity index (χ3v) is 5.73. The van der Waals surface area contributed by atoms with Crippen LogP contribution in [0.4, 0.5) is 5.69 Å². The van der Waals surface area contributed by atoms with E-state index in [-0.39, 0.29) is 11.9 Å². The van der Waals surface area contributed by atoms with Crippen LogP contribution in [-0.2, 0) is 0 Å². The van der Waals surface area contributed by atoms with Crippen LogP contribution in [0.2, 0.25) is 0 Å². The van der Waals surface area contributed by atoms with Gasteiger partial charge >= 0.3 is 0 Å². The Morgan fingerprint density at radius 1 is 1.16 bits per heavy atom. The second kappa shape index (κ2) is 5.36. The summed E-state index contributed by atoms with van der Waals surface area (Å²) in [5, 5.41) is 8.60. The minimum atomic E-state index is -0.00590. The first-order chi connectivity index (χ1) is 12.2. The molecule has 2 aromatic heterocycles. The molecular weight excluding hydrogens is 332 g/mol. The molecule has 5 rings (SSSR count). The van der Waals surface area contributed by atoms with E-state index < -0.39 is 0 Å². The quantitative estimate of drug-likeness (QED) is 0.516. The molecule has 4 aromatic rings. The predicted molar refractivity (Wildman–Crippen MR) is 102 cm³/mol. The van der Waals surface area contributed by atoms with Crippen molar-refractivity contribution in [1.29, 1.82) is 0 Å². The maximum Gasteiger partial charge on any atom is 0.263 e. The van der Waals surface area contributed by atoms with Crippen molar-refractivity contribution in [3.63, 3.8) is 0 Å². The van der Waals surface area contributed by atoms with Gasteiger partial charge in [-0.15, -0.1) is 11.3 Å². The SMILES string of the molecule is C[C@@H]1CNc2c(sc3ccc4oc(-c5ccccc5)cc4c23)C(=O)N1. The van der Waals surface area contributed by atoms with Gasteiger partial charge in [-0.3, -0.25) is 4.79 Å². The number of hydrogen-bond donors (Lipinski definition) is 2. The summed E-state index contributed by atoms with van der Waals surface area (Å²) in [6.45, 7) is 2.72. The van der Waals surface area contributed by atoms with Crippen LogP contribution in [0.1, 0.15) is 16.6 Å². The summed E-state index contributed by atoms with van der Waals surface area (Å²) in [6, 6.07) is 16.3. The molecule has 0 fully saturated rings. The smallest absolute Gasteiger partial charge is 0.263 e. The zero-order valence-electron chi connectivity index (χ0n) is 13.6. The second-order valence-electron chi connectivity index (χ2n) is 6.39. The summed E-state index contributed by atoms with van der Waals surface area (Å²) < 4.78 is 7.17. The summed E-state index contributed by atoms with van der Waals surface area (Å²) in [6.07, 6.45) is 0. The third kappa shape index (κ3) is 2.23. The van der Waals surface area contributed by atoms with Gasteiger partial charge in [-0.2, -0.15) is 0 Å². The van der Waals surface area contributed by atoms with Crippen molar-refractivity contribution >= 4 is 44.0 Å². The zero-order chi connectivity index (χ0) is 17.0. The summed E-state index contributed by atoms with van der Waals surface area (Å²) in [5.41, 5.74) is 2.81. The Labute approximate surface area is 148 Å². The fraction of sp³-hybridized carbons (Fsp3) is 0.150. The Kier molecular flexibility index (Phi) is 3.12. The molecule has 1 amide bonds. The van der Waals surface area contributed by atoms with Crippen LogP contribution in [0.25, 0.3) is 32.4 Å². The van der Waals surface area contributed by atoms with Crippen LogP contribution in [0, 0.1) is 0 Å². The Bertz CT molecular complexity index is 1110. The number of carbonyl (C=O) groups is 1. The average Bonchev–Trinajstić information content (AvgIpc) is 3.18. The molecule has 0 unspecified atom stereocenters. The van der Waals surface area contributed by atoms with Gasteiger partial charge in [0.15, 0.2) is 0 Å². The van der Waals surface area contributed by atoms with E-state index >= 15 is 0 Å². The number of benzene rings is 2. The molecule has 0 radical (unpaired) electrons. The number of fused-ring (bicyclic) bond motifs is 5. The average molecular weight is 348 g/mol. The molecule has 4 nitrogen and oxygen atoms in total. The number of amides is 1. The van der Waals surface area contributed by atoms with E-state index in [1.165, 1.54) is 11.3 Å². The minimum absolute atomic E-state index is 0.00590. The van der Waals surface area contributed by atoms with Gasteiger partial charge in [-0.05, 0) is 25.1 Å². The molecule has 0 aliphatic carbocycles. The standard InChI is InChI=1S/C20H16N2O2S/c1-11-10-21-18-17-13-9-15(12-5-3-2-4-6-12)24-14(13)7-8-16(17)25-19(18)20(23)22-11/h2-9,11,21H,10H2,1H3,(H,22,23)/t11-/m1/s1. The highest BCUT2D eigenvalue weighted by Crippen LogP contribution is 2.43. The monoisotopic (exact) mass is 348 g/mol. The van der Waals surface area contributed by atoms with E-state index in [1.807, 2.05) is 49.4 Å². The fourth-order valence-corrected chi connectivity index (χ4v) is 4.48. The molecule has 0 spiro atoms. The van der Waals surface area contributed by atoms with E-state index in [2.05, 4.69) is 16.7 Å². The molecule has 2 N–H and O–H groups in total. The Morgan fingerprint density at radius 3 is 2.84 bits per heavy atom. The van der Waals surface area contributed by atoms with Crippen LogP contribution in [0.15, 0.2) is 52.9 Å². The number of anilines is 1. The topological polar surface area (TPSA) is 54.3 Å². The summed E-state index contributed by atoms with van der Waals surface area (Å²) >= 11 is 1.53. The first-order valence-electron chi connectivity index (χ1n) is 8.30. The molecule has 3 heterocycles. The van der Waals surface area contributed by atoms with Crippen molar-refractivity contribution in [2.45, 2.75) is 13.0 Å². The Balaban J connectivity index is 1.78. The van der Waals surface area contributed by atoms with Gasteiger partial charge in [0.2, 0.25) is 0 Å². The molecule has 5 heteroatoms. The molecule has 2 aromatic carbocycles. The Hall–Kier alpha value is -2.79. The second-order valence-corrected chi connectivity index (χ2v) is 7.44. The summed E-state index contributed by atoms with van der Waals surface area (Å²) in [7, 11) is 0. The van der Waals surface area contributed by atoms with Crippen molar-refractivity contribution in [2.75, 3.05) is 11.9 Å².